The molecule has 0 bridgehead atoms. The van der Waals surface area contributed by atoms with Crippen molar-refractivity contribution in [3.8, 4) is 11.1 Å². The van der Waals surface area contributed by atoms with E-state index in [9.17, 15) is 18.3 Å². The lowest BCUT2D eigenvalue weighted by Crippen LogP contribution is -2.33. The molecule has 2 aliphatic rings. The van der Waals surface area contributed by atoms with E-state index in [2.05, 4.69) is 20.3 Å². The summed E-state index contributed by atoms with van der Waals surface area (Å²) in [5.41, 5.74) is 6.91. The van der Waals surface area contributed by atoms with E-state index in [0.29, 0.717) is 49.6 Å². The number of hydrogen-bond acceptors (Lipinski definition) is 6. The zero-order chi connectivity index (χ0) is 27.1. The zero-order valence-corrected chi connectivity index (χ0v) is 22.2. The van der Waals surface area contributed by atoms with E-state index in [1.54, 1.807) is 17.3 Å². The van der Waals surface area contributed by atoms with Crippen LogP contribution < -0.4 is 5.32 Å². The van der Waals surface area contributed by atoms with Crippen molar-refractivity contribution in [2.24, 2.45) is 0 Å². The lowest BCUT2D eigenvalue weighted by atomic mass is 9.99. The van der Waals surface area contributed by atoms with Crippen LogP contribution in [0.3, 0.4) is 0 Å². The number of aliphatic hydroxyl groups is 1. The van der Waals surface area contributed by atoms with E-state index < -0.39 is 10.0 Å². The van der Waals surface area contributed by atoms with E-state index in [1.807, 2.05) is 48.5 Å². The van der Waals surface area contributed by atoms with Crippen molar-refractivity contribution in [2.75, 3.05) is 24.7 Å². The third-order valence-electron chi connectivity index (χ3n) is 7.38. The molecule has 0 spiro atoms. The van der Waals surface area contributed by atoms with Crippen LogP contribution in [0.1, 0.15) is 28.8 Å². The number of aliphatic hydroxyl groups excluding tert-OH is 1. The maximum absolute atomic E-state index is 13.1. The van der Waals surface area contributed by atoms with Gasteiger partial charge in [-0.25, -0.2) is 23.2 Å². The first-order chi connectivity index (χ1) is 18.8. The van der Waals surface area contributed by atoms with Gasteiger partial charge in [0.1, 0.15) is 11.5 Å². The largest absolute Gasteiger partial charge is 0.392 e. The number of hydrogen-bond donors (Lipinski definition) is 3. The van der Waals surface area contributed by atoms with E-state index in [1.165, 1.54) is 10.6 Å². The van der Waals surface area contributed by atoms with Gasteiger partial charge in [0.05, 0.1) is 12.9 Å². The molecule has 0 radical (unpaired) electrons. The van der Waals surface area contributed by atoms with Gasteiger partial charge in [0, 0.05) is 55.2 Å². The Bertz CT molecular complexity index is 1700. The number of anilines is 1. The number of aromatic nitrogens is 3. The van der Waals surface area contributed by atoms with E-state index in [0.717, 1.165) is 38.9 Å². The van der Waals surface area contributed by atoms with Gasteiger partial charge in [-0.2, -0.15) is 4.31 Å². The van der Waals surface area contributed by atoms with Crippen molar-refractivity contribution >= 4 is 38.5 Å². The maximum Gasteiger partial charge on any atom is 0.323 e. The molecule has 3 aromatic heterocycles. The molecule has 0 saturated heterocycles. The van der Waals surface area contributed by atoms with Gasteiger partial charge in [0.15, 0.2) is 0 Å². The number of H-pyrrole nitrogens is 1. The first kappa shape index (κ1) is 25.2. The summed E-state index contributed by atoms with van der Waals surface area (Å²) in [6.07, 6.45) is 7.04. The minimum Gasteiger partial charge on any atom is -0.392 e. The molecule has 5 heterocycles. The van der Waals surface area contributed by atoms with E-state index in [-0.39, 0.29) is 12.6 Å². The van der Waals surface area contributed by atoms with Crippen molar-refractivity contribution in [3.63, 3.8) is 0 Å². The van der Waals surface area contributed by atoms with Crippen LogP contribution in [-0.2, 0) is 29.7 Å². The van der Waals surface area contributed by atoms with Crippen LogP contribution in [0.15, 0.2) is 60.9 Å². The standard InChI is InChI=1S/C28H28N6O4S/c1-39(37,38)34-12-8-18(9-13-34)25-14-23-21(6-10-29-26(23)31-25)22-7-11-30-27(24(22)17-35)32-28(36)33-15-19-4-2-3-5-20(19)16-33/h2-8,10-11,14,35H,9,12-13,15-17H2,1H3,(H,29,31)(H,30,32,36). The Hall–Kier alpha value is -4.06. The molecule has 0 unspecified atom stereocenters. The molecule has 10 nitrogen and oxygen atoms in total. The molecular weight excluding hydrogens is 516 g/mol. The van der Waals surface area contributed by atoms with E-state index in [4.69, 9.17) is 0 Å². The molecular formula is C28H28N6O4S. The number of benzene rings is 1. The van der Waals surface area contributed by atoms with Crippen LogP contribution >= 0.6 is 0 Å². The maximum atomic E-state index is 13.1. The predicted molar refractivity (Wildman–Crippen MR) is 149 cm³/mol. The Balaban J connectivity index is 1.30. The number of carbonyl (C=O) groups excluding carboxylic acids is 1. The lowest BCUT2D eigenvalue weighted by molar-refractivity contribution is 0.212. The number of carbonyl (C=O) groups is 1. The normalized spacial score (nSPS) is 15.8. The van der Waals surface area contributed by atoms with Gasteiger partial charge >= 0.3 is 6.03 Å². The average Bonchev–Trinajstić information content (AvgIpc) is 3.57. The summed E-state index contributed by atoms with van der Waals surface area (Å²) >= 11 is 0. The second kappa shape index (κ2) is 9.92. The Labute approximate surface area is 226 Å². The summed E-state index contributed by atoms with van der Waals surface area (Å²) < 4.78 is 25.2. The molecule has 11 heteroatoms. The third-order valence-corrected chi connectivity index (χ3v) is 8.65. The summed E-state index contributed by atoms with van der Waals surface area (Å²) in [6, 6.07) is 13.4. The van der Waals surface area contributed by atoms with Crippen molar-refractivity contribution < 1.29 is 18.3 Å². The van der Waals surface area contributed by atoms with Crippen LogP contribution in [0.5, 0.6) is 0 Å². The number of rotatable bonds is 5. The van der Waals surface area contributed by atoms with Gasteiger partial charge < -0.3 is 15.0 Å². The van der Waals surface area contributed by atoms with Crippen LogP contribution in [0.4, 0.5) is 10.6 Å². The van der Waals surface area contributed by atoms with Crippen LogP contribution in [-0.4, -0.2) is 63.1 Å². The Morgan fingerprint density at radius 2 is 1.79 bits per heavy atom. The number of urea groups is 1. The first-order valence-electron chi connectivity index (χ1n) is 12.7. The smallest absolute Gasteiger partial charge is 0.323 e. The minimum absolute atomic E-state index is 0.276. The molecule has 0 atom stereocenters. The van der Waals surface area contributed by atoms with Crippen molar-refractivity contribution in [1.82, 2.24) is 24.2 Å². The van der Waals surface area contributed by atoms with Gasteiger partial charge in [-0.15, -0.1) is 0 Å². The molecule has 39 heavy (non-hydrogen) atoms. The Morgan fingerprint density at radius 1 is 1.08 bits per heavy atom. The molecule has 0 fully saturated rings. The first-order valence-corrected chi connectivity index (χ1v) is 14.5. The van der Waals surface area contributed by atoms with Crippen molar-refractivity contribution in [2.45, 2.75) is 26.1 Å². The Morgan fingerprint density at radius 3 is 2.46 bits per heavy atom. The molecule has 2 aliphatic heterocycles. The van der Waals surface area contributed by atoms with Crippen molar-refractivity contribution in [1.29, 1.82) is 0 Å². The summed E-state index contributed by atoms with van der Waals surface area (Å²) in [4.78, 5) is 27.0. The fraction of sp³-hybridized carbons (Fsp3) is 0.250. The third kappa shape index (κ3) is 4.80. The molecule has 1 aromatic carbocycles. The van der Waals surface area contributed by atoms with Crippen LogP contribution in [0, 0.1) is 0 Å². The molecule has 6 rings (SSSR count). The SMILES string of the molecule is CS(=O)(=O)N1CC=C(c2cc3c(-c4ccnc(NC(=O)N5Cc6ccccc6C5)c4CO)ccnc3[nH]2)CC1. The highest BCUT2D eigenvalue weighted by molar-refractivity contribution is 7.88. The molecule has 2 amide bonds. The molecule has 3 N–H and O–H groups in total. The number of amides is 2. The monoisotopic (exact) mass is 544 g/mol. The van der Waals surface area contributed by atoms with Crippen molar-refractivity contribution in [3.05, 3.63) is 83.3 Å². The lowest BCUT2D eigenvalue weighted by Gasteiger charge is -2.23. The highest BCUT2D eigenvalue weighted by Gasteiger charge is 2.25. The zero-order valence-electron chi connectivity index (χ0n) is 21.4. The minimum atomic E-state index is -3.24. The highest BCUT2D eigenvalue weighted by Crippen LogP contribution is 2.35. The van der Waals surface area contributed by atoms with Crippen LogP contribution in [0.2, 0.25) is 0 Å². The van der Waals surface area contributed by atoms with E-state index >= 15 is 0 Å². The summed E-state index contributed by atoms with van der Waals surface area (Å²) in [7, 11) is -3.24. The summed E-state index contributed by atoms with van der Waals surface area (Å²) in [5, 5.41) is 14.1. The predicted octanol–water partition coefficient (Wildman–Crippen LogP) is 3.71. The van der Waals surface area contributed by atoms with Gasteiger partial charge in [0.2, 0.25) is 10.0 Å². The van der Waals surface area contributed by atoms with Gasteiger partial charge in [-0.05, 0) is 52.4 Å². The highest BCUT2D eigenvalue weighted by atomic mass is 32.2. The van der Waals surface area contributed by atoms with Gasteiger partial charge in [0.25, 0.3) is 0 Å². The second-order valence-electron chi connectivity index (χ2n) is 9.80. The quantitative estimate of drug-likeness (QED) is 0.351. The fourth-order valence-electron chi connectivity index (χ4n) is 5.30. The number of pyridine rings is 2. The molecule has 200 valence electrons. The molecule has 0 saturated carbocycles. The second-order valence-corrected chi connectivity index (χ2v) is 11.8. The number of nitrogens with one attached hydrogen (secondary N) is 2. The number of aromatic amines is 1. The fourth-order valence-corrected chi connectivity index (χ4v) is 6.07. The average molecular weight is 545 g/mol. The number of fused-ring (bicyclic) bond motifs is 2. The molecule has 4 aromatic rings. The van der Waals surface area contributed by atoms with Gasteiger partial charge in [-0.3, -0.25) is 5.32 Å². The number of nitrogens with zero attached hydrogens (tertiary/aromatic N) is 4. The molecule has 0 aliphatic carbocycles. The Kier molecular flexibility index (Phi) is 6.42. The van der Waals surface area contributed by atoms with Gasteiger partial charge in [-0.1, -0.05) is 30.3 Å². The number of sulfonamides is 1. The summed E-state index contributed by atoms with van der Waals surface area (Å²) in [5.74, 6) is 0.313. The summed E-state index contributed by atoms with van der Waals surface area (Å²) in [6.45, 7) is 1.47. The topological polar surface area (TPSA) is 132 Å². The van der Waals surface area contributed by atoms with Crippen LogP contribution in [0.25, 0.3) is 27.7 Å².